The molecule has 2 rings (SSSR count). The highest BCUT2D eigenvalue weighted by Gasteiger charge is 2.09. The van der Waals surface area contributed by atoms with Crippen LogP contribution >= 0.6 is 0 Å². The fraction of sp³-hybridized carbons (Fsp3) is 0.263. The van der Waals surface area contributed by atoms with Crippen LogP contribution in [0.1, 0.15) is 21.5 Å². The van der Waals surface area contributed by atoms with E-state index in [0.717, 1.165) is 6.07 Å². The minimum absolute atomic E-state index is 0.0180. The van der Waals surface area contributed by atoms with Crippen molar-refractivity contribution >= 4 is 11.8 Å². The van der Waals surface area contributed by atoms with Gasteiger partial charge in [-0.1, -0.05) is 18.2 Å². The van der Waals surface area contributed by atoms with Crippen LogP contribution in [0.5, 0.6) is 5.75 Å². The first-order valence-electron chi connectivity index (χ1n) is 8.20. The van der Waals surface area contributed by atoms with Gasteiger partial charge in [-0.2, -0.15) is 8.78 Å². The molecule has 0 radical (unpaired) electrons. The summed E-state index contributed by atoms with van der Waals surface area (Å²) >= 11 is 0. The van der Waals surface area contributed by atoms with Crippen molar-refractivity contribution in [2.24, 2.45) is 0 Å². The van der Waals surface area contributed by atoms with Gasteiger partial charge in [-0.3, -0.25) is 9.59 Å². The average molecular weight is 380 g/mol. The molecule has 27 heavy (non-hydrogen) atoms. The summed E-state index contributed by atoms with van der Waals surface area (Å²) in [5.74, 6) is -1.16. The van der Waals surface area contributed by atoms with E-state index in [0.29, 0.717) is 11.1 Å². The number of halogens is 3. The zero-order chi connectivity index (χ0) is 19.8. The van der Waals surface area contributed by atoms with Crippen LogP contribution in [0.2, 0.25) is 0 Å². The molecule has 144 valence electrons. The number of carbonyl (C=O) groups excluding carboxylic acids is 2. The van der Waals surface area contributed by atoms with Crippen molar-refractivity contribution in [3.8, 4) is 5.75 Å². The second-order valence-electron chi connectivity index (χ2n) is 5.77. The van der Waals surface area contributed by atoms with Crippen molar-refractivity contribution in [2.75, 3.05) is 13.1 Å². The molecule has 2 aromatic carbocycles. The number of aryl methyl sites for hydroxylation is 1. The van der Waals surface area contributed by atoms with E-state index in [-0.39, 0.29) is 36.7 Å². The molecule has 0 aromatic heterocycles. The van der Waals surface area contributed by atoms with Crippen LogP contribution in [-0.4, -0.2) is 31.5 Å². The van der Waals surface area contributed by atoms with Crippen molar-refractivity contribution in [1.29, 1.82) is 0 Å². The van der Waals surface area contributed by atoms with Crippen molar-refractivity contribution in [1.82, 2.24) is 10.6 Å². The molecule has 0 unspecified atom stereocenters. The molecule has 0 spiro atoms. The Balaban J connectivity index is 1.71. The van der Waals surface area contributed by atoms with E-state index in [1.165, 1.54) is 36.4 Å². The topological polar surface area (TPSA) is 67.4 Å². The monoisotopic (exact) mass is 380 g/mol. The Hall–Kier alpha value is -3.03. The summed E-state index contributed by atoms with van der Waals surface area (Å²) in [6.07, 6.45) is 0.0616. The second-order valence-corrected chi connectivity index (χ2v) is 5.77. The molecule has 0 heterocycles. The molecule has 0 saturated carbocycles. The zero-order valence-corrected chi connectivity index (χ0v) is 14.6. The van der Waals surface area contributed by atoms with Gasteiger partial charge in [0, 0.05) is 18.7 Å². The summed E-state index contributed by atoms with van der Waals surface area (Å²) in [5, 5.41) is 5.21. The number of ether oxygens (including phenoxy) is 1. The Bertz CT molecular complexity index is 795. The first-order valence-corrected chi connectivity index (χ1v) is 8.20. The molecule has 0 aliphatic heterocycles. The lowest BCUT2D eigenvalue weighted by atomic mass is 10.1. The quantitative estimate of drug-likeness (QED) is 0.692. The SMILES string of the molecule is Cc1ccc(C(=O)NCCNC(=O)Cc2ccc(OC(F)F)cc2)cc1F. The van der Waals surface area contributed by atoms with Crippen LogP contribution in [0.25, 0.3) is 0 Å². The number of amides is 2. The molecule has 8 heteroatoms. The summed E-state index contributed by atoms with van der Waals surface area (Å²) in [6, 6.07) is 9.95. The Morgan fingerprint density at radius 2 is 1.70 bits per heavy atom. The summed E-state index contributed by atoms with van der Waals surface area (Å²) < 4.78 is 41.8. The third-order valence-corrected chi connectivity index (χ3v) is 3.68. The van der Waals surface area contributed by atoms with Gasteiger partial charge in [0.05, 0.1) is 6.42 Å². The van der Waals surface area contributed by atoms with Gasteiger partial charge in [0.2, 0.25) is 5.91 Å². The zero-order valence-electron chi connectivity index (χ0n) is 14.6. The lowest BCUT2D eigenvalue weighted by Gasteiger charge is -2.08. The highest BCUT2D eigenvalue weighted by atomic mass is 19.3. The second kappa shape index (κ2) is 9.61. The number of nitrogens with one attached hydrogen (secondary N) is 2. The van der Waals surface area contributed by atoms with Crippen molar-refractivity contribution in [2.45, 2.75) is 20.0 Å². The van der Waals surface area contributed by atoms with Crippen LogP contribution in [-0.2, 0) is 11.2 Å². The molecular formula is C19H19F3N2O3. The van der Waals surface area contributed by atoms with E-state index < -0.39 is 18.3 Å². The molecular weight excluding hydrogens is 361 g/mol. The smallest absolute Gasteiger partial charge is 0.387 e. The van der Waals surface area contributed by atoms with Gasteiger partial charge in [0.1, 0.15) is 11.6 Å². The average Bonchev–Trinajstić information content (AvgIpc) is 2.62. The van der Waals surface area contributed by atoms with Crippen LogP contribution in [0, 0.1) is 12.7 Å². The maximum Gasteiger partial charge on any atom is 0.387 e. The number of alkyl halides is 2. The summed E-state index contributed by atoms with van der Waals surface area (Å²) in [6.45, 7) is -0.913. The van der Waals surface area contributed by atoms with Crippen LogP contribution in [0.4, 0.5) is 13.2 Å². The minimum atomic E-state index is -2.90. The normalized spacial score (nSPS) is 10.6. The van der Waals surface area contributed by atoms with Gasteiger partial charge < -0.3 is 15.4 Å². The van der Waals surface area contributed by atoms with E-state index in [2.05, 4.69) is 15.4 Å². The summed E-state index contributed by atoms with van der Waals surface area (Å²) in [7, 11) is 0. The van der Waals surface area contributed by atoms with Crippen molar-refractivity contribution in [3.05, 3.63) is 65.0 Å². The van der Waals surface area contributed by atoms with E-state index in [9.17, 15) is 22.8 Å². The molecule has 0 bridgehead atoms. The lowest BCUT2D eigenvalue weighted by molar-refractivity contribution is -0.120. The number of hydrogen-bond donors (Lipinski definition) is 2. The van der Waals surface area contributed by atoms with E-state index >= 15 is 0 Å². The maximum absolute atomic E-state index is 13.4. The Labute approximate surface area is 154 Å². The standard InChI is InChI=1S/C19H19F3N2O3/c1-12-2-5-14(11-16(12)20)18(26)24-9-8-23-17(25)10-13-3-6-15(7-4-13)27-19(21)22/h2-7,11,19H,8-10H2,1H3,(H,23,25)(H,24,26). The third kappa shape index (κ3) is 6.65. The molecule has 0 aliphatic rings. The molecule has 0 saturated heterocycles. The third-order valence-electron chi connectivity index (χ3n) is 3.68. The molecule has 0 atom stereocenters. The van der Waals surface area contributed by atoms with Crippen LogP contribution in [0.3, 0.4) is 0 Å². The molecule has 5 nitrogen and oxygen atoms in total. The molecule has 0 aliphatic carbocycles. The van der Waals surface area contributed by atoms with Crippen molar-refractivity contribution < 1.29 is 27.5 Å². The fourth-order valence-electron chi connectivity index (χ4n) is 2.25. The van der Waals surface area contributed by atoms with E-state index in [4.69, 9.17) is 0 Å². The highest BCUT2D eigenvalue weighted by molar-refractivity contribution is 5.94. The number of carbonyl (C=O) groups is 2. The number of rotatable bonds is 8. The van der Waals surface area contributed by atoms with E-state index in [1.807, 2.05) is 0 Å². The van der Waals surface area contributed by atoms with Gasteiger partial charge in [-0.05, 0) is 42.3 Å². The predicted molar refractivity (Wildman–Crippen MR) is 93.3 cm³/mol. The summed E-state index contributed by atoms with van der Waals surface area (Å²) in [4.78, 5) is 23.7. The van der Waals surface area contributed by atoms with E-state index in [1.54, 1.807) is 6.92 Å². The Morgan fingerprint density at radius 1 is 1.04 bits per heavy atom. The number of hydrogen-bond acceptors (Lipinski definition) is 3. The predicted octanol–water partition coefficient (Wildman–Crippen LogP) is 2.82. The van der Waals surface area contributed by atoms with Gasteiger partial charge in [0.15, 0.2) is 0 Å². The molecule has 2 N–H and O–H groups in total. The highest BCUT2D eigenvalue weighted by Crippen LogP contribution is 2.15. The van der Waals surface area contributed by atoms with Crippen LogP contribution in [0.15, 0.2) is 42.5 Å². The fourth-order valence-corrected chi connectivity index (χ4v) is 2.25. The number of benzene rings is 2. The Kier molecular flexibility index (Phi) is 7.22. The van der Waals surface area contributed by atoms with Gasteiger partial charge in [0.25, 0.3) is 5.91 Å². The molecule has 2 amide bonds. The molecule has 0 fully saturated rings. The maximum atomic E-state index is 13.4. The first-order chi connectivity index (χ1) is 12.8. The van der Waals surface area contributed by atoms with Gasteiger partial charge >= 0.3 is 6.61 Å². The van der Waals surface area contributed by atoms with Gasteiger partial charge in [-0.25, -0.2) is 4.39 Å². The van der Waals surface area contributed by atoms with Crippen molar-refractivity contribution in [3.63, 3.8) is 0 Å². The summed E-state index contributed by atoms with van der Waals surface area (Å²) in [5.41, 5.74) is 1.29. The van der Waals surface area contributed by atoms with Gasteiger partial charge in [-0.15, -0.1) is 0 Å². The Morgan fingerprint density at radius 3 is 2.33 bits per heavy atom. The van der Waals surface area contributed by atoms with Crippen LogP contribution < -0.4 is 15.4 Å². The largest absolute Gasteiger partial charge is 0.435 e. The lowest BCUT2D eigenvalue weighted by Crippen LogP contribution is -2.35. The minimum Gasteiger partial charge on any atom is -0.435 e. The molecule has 2 aromatic rings. The first kappa shape index (κ1) is 20.3.